The maximum atomic E-state index is 11.5. The molecule has 17 heavy (non-hydrogen) atoms. The Kier molecular flexibility index (Phi) is 4.12. The van der Waals surface area contributed by atoms with Crippen LogP contribution >= 0.6 is 0 Å². The van der Waals surface area contributed by atoms with Crippen LogP contribution in [0, 0.1) is 0 Å². The number of carbonyl (C=O) groups excluding carboxylic acids is 1. The van der Waals surface area contributed by atoms with E-state index in [-0.39, 0.29) is 11.5 Å². The lowest BCUT2D eigenvalue weighted by Gasteiger charge is -2.23. The molecule has 0 fully saturated rings. The van der Waals surface area contributed by atoms with Gasteiger partial charge in [0.25, 0.3) is 0 Å². The van der Waals surface area contributed by atoms with Crippen LogP contribution in [0.1, 0.15) is 27.7 Å². The molecule has 1 aromatic rings. The number of rotatable bonds is 3. The molecule has 0 aliphatic rings. The van der Waals surface area contributed by atoms with Crippen LogP contribution < -0.4 is 15.8 Å². The van der Waals surface area contributed by atoms with Gasteiger partial charge in [-0.15, -0.1) is 0 Å². The topological polar surface area (TPSA) is 64.4 Å². The van der Waals surface area contributed by atoms with Crippen molar-refractivity contribution in [1.82, 2.24) is 0 Å². The maximum absolute atomic E-state index is 11.5. The first-order valence-electron chi connectivity index (χ1n) is 5.64. The summed E-state index contributed by atoms with van der Waals surface area (Å²) in [6.45, 7) is 7.51. The predicted octanol–water partition coefficient (Wildman–Crippen LogP) is 2.15. The van der Waals surface area contributed by atoms with Gasteiger partial charge in [0.2, 0.25) is 5.91 Å². The summed E-state index contributed by atoms with van der Waals surface area (Å²) in [5.41, 5.74) is 5.84. The highest BCUT2D eigenvalue weighted by Gasteiger charge is 2.16. The highest BCUT2D eigenvalue weighted by atomic mass is 16.5. The highest BCUT2D eigenvalue weighted by molar-refractivity contribution is 5.95. The smallest absolute Gasteiger partial charge is 0.241 e. The van der Waals surface area contributed by atoms with E-state index in [1.165, 1.54) is 0 Å². The largest absolute Gasteiger partial charge is 0.486 e. The fourth-order valence-electron chi connectivity index (χ4n) is 1.24. The molecule has 1 atom stereocenters. The lowest BCUT2D eigenvalue weighted by atomic mass is 10.2. The molecule has 0 bridgehead atoms. The van der Waals surface area contributed by atoms with Gasteiger partial charge in [-0.2, -0.15) is 0 Å². The highest BCUT2D eigenvalue weighted by Crippen LogP contribution is 2.27. The minimum absolute atomic E-state index is 0.227. The molecular formula is C13H20N2O2. The summed E-state index contributed by atoms with van der Waals surface area (Å²) in [4.78, 5) is 11.5. The number of para-hydroxylation sites is 2. The van der Waals surface area contributed by atoms with Crippen molar-refractivity contribution in [2.45, 2.75) is 39.3 Å². The summed E-state index contributed by atoms with van der Waals surface area (Å²) in [7, 11) is 0. The lowest BCUT2D eigenvalue weighted by Crippen LogP contribution is -2.33. The van der Waals surface area contributed by atoms with E-state index < -0.39 is 6.04 Å². The van der Waals surface area contributed by atoms with E-state index in [9.17, 15) is 4.79 Å². The average molecular weight is 236 g/mol. The van der Waals surface area contributed by atoms with Gasteiger partial charge in [0.05, 0.1) is 11.7 Å². The van der Waals surface area contributed by atoms with Gasteiger partial charge >= 0.3 is 0 Å². The minimum atomic E-state index is -0.544. The Labute approximate surface area is 102 Å². The third-order valence-electron chi connectivity index (χ3n) is 1.97. The van der Waals surface area contributed by atoms with Gasteiger partial charge in [0, 0.05) is 0 Å². The fraction of sp³-hybridized carbons (Fsp3) is 0.462. The number of hydrogen-bond donors (Lipinski definition) is 2. The van der Waals surface area contributed by atoms with Crippen molar-refractivity contribution >= 4 is 11.6 Å². The van der Waals surface area contributed by atoms with Crippen LogP contribution in [0.25, 0.3) is 0 Å². The number of nitrogens with two attached hydrogens (primary N) is 1. The third kappa shape index (κ3) is 4.44. The number of amides is 1. The first-order valence-corrected chi connectivity index (χ1v) is 5.64. The molecule has 1 aromatic carbocycles. The van der Waals surface area contributed by atoms with Gasteiger partial charge in [-0.05, 0) is 39.8 Å². The van der Waals surface area contributed by atoms with E-state index in [1.807, 2.05) is 39.0 Å². The number of ether oxygens (including phenoxy) is 1. The summed E-state index contributed by atoms with van der Waals surface area (Å²) >= 11 is 0. The Morgan fingerprint density at radius 1 is 1.35 bits per heavy atom. The van der Waals surface area contributed by atoms with Gasteiger partial charge in [0.1, 0.15) is 11.4 Å². The monoisotopic (exact) mass is 236 g/mol. The Hall–Kier alpha value is -1.55. The number of carbonyl (C=O) groups is 1. The van der Waals surface area contributed by atoms with Crippen molar-refractivity contribution in [2.24, 2.45) is 5.73 Å². The molecule has 1 amide bonds. The molecule has 0 radical (unpaired) electrons. The van der Waals surface area contributed by atoms with Crippen molar-refractivity contribution in [1.29, 1.82) is 0 Å². The summed E-state index contributed by atoms with van der Waals surface area (Å²) < 4.78 is 5.76. The van der Waals surface area contributed by atoms with Crippen LogP contribution in [0.15, 0.2) is 24.3 Å². The number of anilines is 1. The normalized spacial score (nSPS) is 13.0. The molecule has 1 rings (SSSR count). The first kappa shape index (κ1) is 13.5. The van der Waals surface area contributed by atoms with Crippen LogP contribution in [0.3, 0.4) is 0 Å². The SMILES string of the molecule is C[C@H](N)C(=O)Nc1ccccc1OC(C)(C)C. The molecular weight excluding hydrogens is 216 g/mol. The zero-order chi connectivity index (χ0) is 13.1. The lowest BCUT2D eigenvalue weighted by molar-refractivity contribution is -0.117. The molecule has 0 aliphatic carbocycles. The molecule has 0 spiro atoms. The van der Waals surface area contributed by atoms with Crippen molar-refractivity contribution in [3.05, 3.63) is 24.3 Å². The van der Waals surface area contributed by atoms with Crippen molar-refractivity contribution in [3.63, 3.8) is 0 Å². The summed E-state index contributed by atoms with van der Waals surface area (Å²) in [6.07, 6.45) is 0. The van der Waals surface area contributed by atoms with E-state index >= 15 is 0 Å². The molecule has 3 N–H and O–H groups in total. The Morgan fingerprint density at radius 2 is 1.94 bits per heavy atom. The molecule has 4 heteroatoms. The Balaban J connectivity index is 2.89. The number of nitrogens with one attached hydrogen (secondary N) is 1. The second-order valence-corrected chi connectivity index (χ2v) is 4.99. The quantitative estimate of drug-likeness (QED) is 0.845. The van der Waals surface area contributed by atoms with Crippen LogP contribution in [-0.4, -0.2) is 17.6 Å². The maximum Gasteiger partial charge on any atom is 0.241 e. The van der Waals surface area contributed by atoms with Crippen molar-refractivity contribution < 1.29 is 9.53 Å². The van der Waals surface area contributed by atoms with Gasteiger partial charge < -0.3 is 15.8 Å². The molecule has 94 valence electrons. The molecule has 0 aromatic heterocycles. The zero-order valence-corrected chi connectivity index (χ0v) is 10.8. The van der Waals surface area contributed by atoms with Crippen LogP contribution in [-0.2, 0) is 4.79 Å². The number of hydrogen-bond acceptors (Lipinski definition) is 3. The fourth-order valence-corrected chi connectivity index (χ4v) is 1.24. The summed E-state index contributed by atoms with van der Waals surface area (Å²) in [5, 5.41) is 2.74. The molecule has 0 unspecified atom stereocenters. The Morgan fingerprint density at radius 3 is 2.47 bits per heavy atom. The summed E-state index contributed by atoms with van der Waals surface area (Å²) in [5.74, 6) is 0.420. The minimum Gasteiger partial charge on any atom is -0.486 e. The van der Waals surface area contributed by atoms with Gasteiger partial charge in [-0.3, -0.25) is 4.79 Å². The molecule has 4 nitrogen and oxygen atoms in total. The predicted molar refractivity (Wildman–Crippen MR) is 69.1 cm³/mol. The van der Waals surface area contributed by atoms with Gasteiger partial charge in [-0.1, -0.05) is 12.1 Å². The van der Waals surface area contributed by atoms with Gasteiger partial charge in [-0.25, -0.2) is 0 Å². The van der Waals surface area contributed by atoms with Crippen LogP contribution in [0.4, 0.5) is 5.69 Å². The van der Waals surface area contributed by atoms with Gasteiger partial charge in [0.15, 0.2) is 0 Å². The molecule has 0 heterocycles. The Bertz CT molecular complexity index is 395. The second kappa shape index (κ2) is 5.19. The standard InChI is InChI=1S/C13H20N2O2/c1-9(14)12(16)15-10-7-5-6-8-11(10)17-13(2,3)4/h5-9H,14H2,1-4H3,(H,15,16)/t9-/m0/s1. The van der Waals surface area contributed by atoms with E-state index in [4.69, 9.17) is 10.5 Å². The molecule has 0 saturated heterocycles. The third-order valence-corrected chi connectivity index (χ3v) is 1.97. The van der Waals surface area contributed by atoms with Crippen LogP contribution in [0.5, 0.6) is 5.75 Å². The van der Waals surface area contributed by atoms with E-state index in [1.54, 1.807) is 13.0 Å². The van der Waals surface area contributed by atoms with E-state index in [0.29, 0.717) is 11.4 Å². The average Bonchev–Trinajstić information content (AvgIpc) is 2.18. The summed E-state index contributed by atoms with van der Waals surface area (Å²) in [6, 6.07) is 6.77. The molecule has 0 aliphatic heterocycles. The van der Waals surface area contributed by atoms with E-state index in [2.05, 4.69) is 5.32 Å². The molecule has 0 saturated carbocycles. The first-order chi connectivity index (χ1) is 7.79. The zero-order valence-electron chi connectivity index (χ0n) is 10.8. The van der Waals surface area contributed by atoms with Crippen LogP contribution in [0.2, 0.25) is 0 Å². The van der Waals surface area contributed by atoms with E-state index in [0.717, 1.165) is 0 Å². The van der Waals surface area contributed by atoms with Crippen molar-refractivity contribution in [2.75, 3.05) is 5.32 Å². The number of benzene rings is 1. The van der Waals surface area contributed by atoms with Crippen molar-refractivity contribution in [3.8, 4) is 5.75 Å². The second-order valence-electron chi connectivity index (χ2n) is 4.99.